The molecule has 3 aromatic rings. The summed E-state index contributed by atoms with van der Waals surface area (Å²) in [7, 11) is 0. The molecule has 0 atom stereocenters. The molecule has 32 heavy (non-hydrogen) atoms. The Morgan fingerprint density at radius 2 is 1.78 bits per heavy atom. The molecule has 166 valence electrons. The van der Waals surface area contributed by atoms with E-state index in [1.807, 2.05) is 67.8 Å². The smallest absolute Gasteiger partial charge is 0.319 e. The molecule has 4 rings (SSSR count). The lowest BCUT2D eigenvalue weighted by Crippen LogP contribution is -2.46. The fraction of sp³-hybridized carbons (Fsp3) is 0.308. The van der Waals surface area contributed by atoms with E-state index < -0.39 is 0 Å². The van der Waals surface area contributed by atoms with Gasteiger partial charge in [-0.25, -0.2) is 4.79 Å². The van der Waals surface area contributed by atoms with Crippen LogP contribution in [-0.4, -0.2) is 41.6 Å². The summed E-state index contributed by atoms with van der Waals surface area (Å²) in [4.78, 5) is 18.9. The highest BCUT2D eigenvalue weighted by atomic mass is 16.5. The van der Waals surface area contributed by atoms with Crippen molar-refractivity contribution in [3.63, 3.8) is 0 Å². The minimum Gasteiger partial charge on any atom is -0.457 e. The predicted molar refractivity (Wildman–Crippen MR) is 127 cm³/mol. The van der Waals surface area contributed by atoms with Crippen molar-refractivity contribution >= 4 is 11.7 Å². The molecule has 1 aliphatic rings. The molecule has 0 saturated carbocycles. The maximum Gasteiger partial charge on any atom is 0.319 e. The van der Waals surface area contributed by atoms with Gasteiger partial charge in [0.1, 0.15) is 11.5 Å². The number of amides is 2. The summed E-state index contributed by atoms with van der Waals surface area (Å²) >= 11 is 0. The van der Waals surface area contributed by atoms with Crippen LogP contribution >= 0.6 is 0 Å². The maximum atomic E-state index is 12.4. The van der Waals surface area contributed by atoms with Gasteiger partial charge in [0.2, 0.25) is 0 Å². The van der Waals surface area contributed by atoms with Gasteiger partial charge in [-0.15, -0.1) is 0 Å². The first-order valence-corrected chi connectivity index (χ1v) is 11.2. The first-order valence-electron chi connectivity index (χ1n) is 11.2. The molecule has 0 aliphatic carbocycles. The van der Waals surface area contributed by atoms with Crippen LogP contribution in [0.1, 0.15) is 24.0 Å². The Bertz CT molecular complexity index is 1000. The highest BCUT2D eigenvalue weighted by Gasteiger charge is 2.20. The fourth-order valence-electron chi connectivity index (χ4n) is 3.91. The molecule has 1 fully saturated rings. The molecule has 2 amide bonds. The van der Waals surface area contributed by atoms with Gasteiger partial charge in [0.05, 0.1) is 0 Å². The molecule has 2 N–H and O–H groups in total. The second-order valence-corrected chi connectivity index (χ2v) is 8.26. The summed E-state index contributed by atoms with van der Waals surface area (Å²) in [6.45, 7) is 5.08. The van der Waals surface area contributed by atoms with Crippen LogP contribution in [0.5, 0.6) is 11.5 Å². The number of ether oxygens (including phenoxy) is 1. The van der Waals surface area contributed by atoms with E-state index in [-0.39, 0.29) is 12.1 Å². The summed E-state index contributed by atoms with van der Waals surface area (Å²) in [6.07, 6.45) is 6.65. The third kappa shape index (κ3) is 6.56. The van der Waals surface area contributed by atoms with Crippen LogP contribution in [0, 0.1) is 6.92 Å². The first-order chi connectivity index (χ1) is 15.6. The molecular formula is C26H30N4O2. The van der Waals surface area contributed by atoms with Gasteiger partial charge in [-0.3, -0.25) is 4.98 Å². The Labute approximate surface area is 189 Å². The number of carbonyl (C=O) groups is 1. The Morgan fingerprint density at radius 3 is 2.50 bits per heavy atom. The van der Waals surface area contributed by atoms with E-state index in [1.54, 1.807) is 0 Å². The number of hydrogen-bond acceptors (Lipinski definition) is 4. The number of benzene rings is 2. The maximum absolute atomic E-state index is 12.4. The lowest BCUT2D eigenvalue weighted by Gasteiger charge is -2.32. The number of rotatable bonds is 7. The topological polar surface area (TPSA) is 66.5 Å². The molecule has 2 heterocycles. The van der Waals surface area contributed by atoms with E-state index in [9.17, 15) is 4.79 Å². The average Bonchev–Trinajstić information content (AvgIpc) is 2.81. The van der Waals surface area contributed by atoms with Gasteiger partial charge in [0, 0.05) is 43.8 Å². The Morgan fingerprint density at radius 1 is 1.03 bits per heavy atom. The number of nitrogens with one attached hydrogen (secondary N) is 2. The molecule has 0 radical (unpaired) electrons. The number of carbonyl (C=O) groups excluding carboxylic acids is 1. The van der Waals surface area contributed by atoms with E-state index in [0.717, 1.165) is 61.6 Å². The van der Waals surface area contributed by atoms with Gasteiger partial charge in [-0.2, -0.15) is 0 Å². The summed E-state index contributed by atoms with van der Waals surface area (Å²) < 4.78 is 5.86. The number of aromatic nitrogens is 1. The molecule has 1 aliphatic heterocycles. The molecule has 0 bridgehead atoms. The molecule has 6 nitrogen and oxygen atoms in total. The second kappa shape index (κ2) is 10.8. The van der Waals surface area contributed by atoms with Gasteiger partial charge < -0.3 is 20.3 Å². The molecule has 2 aromatic carbocycles. The largest absolute Gasteiger partial charge is 0.457 e. The molecular weight excluding hydrogens is 400 g/mol. The van der Waals surface area contributed by atoms with Crippen LogP contribution in [0.4, 0.5) is 10.5 Å². The lowest BCUT2D eigenvalue weighted by atomic mass is 10.0. The van der Waals surface area contributed by atoms with Crippen LogP contribution in [0.25, 0.3) is 0 Å². The number of anilines is 1. The van der Waals surface area contributed by atoms with E-state index in [2.05, 4.69) is 32.7 Å². The lowest BCUT2D eigenvalue weighted by molar-refractivity contribution is 0.197. The summed E-state index contributed by atoms with van der Waals surface area (Å²) in [5.41, 5.74) is 3.21. The van der Waals surface area contributed by atoms with E-state index in [4.69, 9.17) is 4.74 Å². The molecule has 1 aromatic heterocycles. The SMILES string of the molecule is Cc1cccc(Oc2ccc(NC(=O)NC3CCN(CCc4ccncc4)CC3)cc2)c1. The van der Waals surface area contributed by atoms with Gasteiger partial charge in [0.25, 0.3) is 0 Å². The minimum absolute atomic E-state index is 0.160. The van der Waals surface area contributed by atoms with Crippen molar-refractivity contribution in [2.75, 3.05) is 25.0 Å². The number of pyridine rings is 1. The van der Waals surface area contributed by atoms with Gasteiger partial charge in [-0.05, 0) is 85.8 Å². The zero-order valence-electron chi connectivity index (χ0n) is 18.5. The van der Waals surface area contributed by atoms with Gasteiger partial charge >= 0.3 is 6.03 Å². The minimum atomic E-state index is -0.160. The third-order valence-electron chi connectivity index (χ3n) is 5.73. The van der Waals surface area contributed by atoms with Crippen molar-refractivity contribution < 1.29 is 9.53 Å². The Hall–Kier alpha value is -3.38. The molecule has 1 saturated heterocycles. The summed E-state index contributed by atoms with van der Waals surface area (Å²) in [5, 5.41) is 6.03. The Kier molecular flexibility index (Phi) is 7.35. The summed E-state index contributed by atoms with van der Waals surface area (Å²) in [6, 6.07) is 19.5. The monoisotopic (exact) mass is 430 g/mol. The van der Waals surface area contributed by atoms with Crippen LogP contribution < -0.4 is 15.4 Å². The zero-order chi connectivity index (χ0) is 22.2. The molecule has 6 heteroatoms. The van der Waals surface area contributed by atoms with Crippen molar-refractivity contribution in [1.29, 1.82) is 0 Å². The highest BCUT2D eigenvalue weighted by Crippen LogP contribution is 2.23. The van der Waals surface area contributed by atoms with Gasteiger partial charge in [-0.1, -0.05) is 12.1 Å². The molecule has 0 spiro atoms. The van der Waals surface area contributed by atoms with E-state index in [1.165, 1.54) is 5.56 Å². The number of piperidine rings is 1. The quantitative estimate of drug-likeness (QED) is 0.553. The van der Waals surface area contributed by atoms with Crippen LogP contribution in [0.15, 0.2) is 73.1 Å². The first kappa shape index (κ1) is 21.8. The van der Waals surface area contributed by atoms with Crippen LogP contribution in [0.3, 0.4) is 0 Å². The standard InChI is InChI=1S/C26H30N4O2/c1-20-3-2-4-25(19-20)32-24-7-5-22(6-8-24)28-26(31)29-23-12-17-30(18-13-23)16-11-21-9-14-27-15-10-21/h2-10,14-15,19,23H,11-13,16-18H2,1H3,(H2,28,29,31). The number of aryl methyl sites for hydroxylation is 1. The summed E-state index contributed by atoms with van der Waals surface area (Å²) in [5.74, 6) is 1.54. The van der Waals surface area contributed by atoms with Crippen molar-refractivity contribution in [2.24, 2.45) is 0 Å². The number of urea groups is 1. The van der Waals surface area contributed by atoms with E-state index in [0.29, 0.717) is 0 Å². The predicted octanol–water partition coefficient (Wildman–Crippen LogP) is 5.01. The second-order valence-electron chi connectivity index (χ2n) is 8.26. The number of nitrogens with zero attached hydrogens (tertiary/aromatic N) is 2. The fourth-order valence-corrected chi connectivity index (χ4v) is 3.91. The van der Waals surface area contributed by atoms with Crippen LogP contribution in [-0.2, 0) is 6.42 Å². The zero-order valence-corrected chi connectivity index (χ0v) is 18.5. The van der Waals surface area contributed by atoms with Crippen molar-refractivity contribution in [3.8, 4) is 11.5 Å². The van der Waals surface area contributed by atoms with Crippen molar-refractivity contribution in [1.82, 2.24) is 15.2 Å². The third-order valence-corrected chi connectivity index (χ3v) is 5.73. The normalized spacial score (nSPS) is 14.7. The number of hydrogen-bond donors (Lipinski definition) is 2. The number of likely N-dealkylation sites (tertiary alicyclic amines) is 1. The highest BCUT2D eigenvalue weighted by molar-refractivity contribution is 5.89. The Balaban J connectivity index is 1.18. The average molecular weight is 431 g/mol. The van der Waals surface area contributed by atoms with Gasteiger partial charge in [0.15, 0.2) is 0 Å². The van der Waals surface area contributed by atoms with E-state index >= 15 is 0 Å². The molecule has 0 unspecified atom stereocenters. The van der Waals surface area contributed by atoms with Crippen molar-refractivity contribution in [2.45, 2.75) is 32.2 Å². The van der Waals surface area contributed by atoms with Crippen molar-refractivity contribution in [3.05, 3.63) is 84.2 Å². The van der Waals surface area contributed by atoms with Crippen LogP contribution in [0.2, 0.25) is 0 Å².